The zero-order valence-corrected chi connectivity index (χ0v) is 14.3. The summed E-state index contributed by atoms with van der Waals surface area (Å²) in [7, 11) is 2.13. The SMILES string of the molecule is CCC(CC)(C(Cc1ccc(C)cc1)NC)N1CCCC1. The van der Waals surface area contributed by atoms with E-state index in [9.17, 15) is 0 Å². The van der Waals surface area contributed by atoms with Crippen LogP contribution in [-0.2, 0) is 6.42 Å². The van der Waals surface area contributed by atoms with Crippen molar-refractivity contribution in [2.24, 2.45) is 0 Å². The number of aryl methyl sites for hydroxylation is 1. The third-order valence-corrected chi connectivity index (χ3v) is 5.52. The minimum absolute atomic E-state index is 0.302. The van der Waals surface area contributed by atoms with E-state index in [1.165, 1.54) is 49.9 Å². The molecule has 1 unspecified atom stereocenters. The highest BCUT2D eigenvalue weighted by Gasteiger charge is 2.41. The van der Waals surface area contributed by atoms with Crippen molar-refractivity contribution in [3.05, 3.63) is 35.4 Å². The Balaban J connectivity index is 2.20. The number of rotatable bonds is 7. The third kappa shape index (κ3) is 3.49. The summed E-state index contributed by atoms with van der Waals surface area (Å²) in [5.41, 5.74) is 3.10. The number of nitrogens with zero attached hydrogens (tertiary/aromatic N) is 1. The zero-order chi connectivity index (χ0) is 15.3. The van der Waals surface area contributed by atoms with Gasteiger partial charge in [0.05, 0.1) is 0 Å². The van der Waals surface area contributed by atoms with E-state index in [-0.39, 0.29) is 0 Å². The van der Waals surface area contributed by atoms with Crippen LogP contribution in [0.15, 0.2) is 24.3 Å². The Morgan fingerprint density at radius 3 is 2.14 bits per heavy atom. The molecule has 1 saturated heterocycles. The molecule has 2 nitrogen and oxygen atoms in total. The molecule has 1 atom stereocenters. The van der Waals surface area contributed by atoms with Gasteiger partial charge in [0.2, 0.25) is 0 Å². The van der Waals surface area contributed by atoms with Crippen molar-refractivity contribution in [2.75, 3.05) is 20.1 Å². The molecule has 0 aromatic heterocycles. The molecule has 1 N–H and O–H groups in total. The predicted octanol–water partition coefficient (Wildman–Crippen LogP) is 3.78. The van der Waals surface area contributed by atoms with Gasteiger partial charge in [-0.05, 0) is 64.7 Å². The Morgan fingerprint density at radius 1 is 1.10 bits per heavy atom. The molecule has 1 fully saturated rings. The highest BCUT2D eigenvalue weighted by Crippen LogP contribution is 2.33. The van der Waals surface area contributed by atoms with Crippen molar-refractivity contribution in [1.82, 2.24) is 10.2 Å². The highest BCUT2D eigenvalue weighted by molar-refractivity contribution is 5.23. The lowest BCUT2D eigenvalue weighted by Gasteiger charge is -2.47. The average Bonchev–Trinajstić information content (AvgIpc) is 3.04. The Kier molecular flexibility index (Phi) is 5.83. The smallest absolute Gasteiger partial charge is 0.0360 e. The summed E-state index contributed by atoms with van der Waals surface area (Å²) < 4.78 is 0. The quantitative estimate of drug-likeness (QED) is 0.821. The number of likely N-dealkylation sites (N-methyl/N-ethyl adjacent to an activating group) is 1. The van der Waals surface area contributed by atoms with Gasteiger partial charge in [0.1, 0.15) is 0 Å². The van der Waals surface area contributed by atoms with Crippen molar-refractivity contribution >= 4 is 0 Å². The molecule has 0 bridgehead atoms. The minimum Gasteiger partial charge on any atom is -0.315 e. The van der Waals surface area contributed by atoms with E-state index >= 15 is 0 Å². The lowest BCUT2D eigenvalue weighted by molar-refractivity contribution is 0.0650. The Bertz CT molecular complexity index is 414. The maximum absolute atomic E-state index is 3.64. The van der Waals surface area contributed by atoms with E-state index in [4.69, 9.17) is 0 Å². The van der Waals surface area contributed by atoms with Crippen molar-refractivity contribution in [3.63, 3.8) is 0 Å². The Hall–Kier alpha value is -0.860. The first-order valence-electron chi connectivity index (χ1n) is 8.64. The van der Waals surface area contributed by atoms with Gasteiger partial charge in [-0.25, -0.2) is 0 Å². The molecule has 2 rings (SSSR count). The van der Waals surface area contributed by atoms with Gasteiger partial charge in [-0.2, -0.15) is 0 Å². The molecule has 0 saturated carbocycles. The molecule has 0 radical (unpaired) electrons. The molecule has 0 spiro atoms. The fourth-order valence-corrected chi connectivity index (χ4v) is 4.09. The van der Waals surface area contributed by atoms with E-state index in [1.54, 1.807) is 0 Å². The number of hydrogen-bond donors (Lipinski definition) is 1. The van der Waals surface area contributed by atoms with Gasteiger partial charge in [-0.1, -0.05) is 43.7 Å². The molecule has 1 heterocycles. The molecule has 0 aliphatic carbocycles. The normalized spacial score (nSPS) is 18.1. The molecule has 0 amide bonds. The van der Waals surface area contributed by atoms with Gasteiger partial charge in [0, 0.05) is 11.6 Å². The van der Waals surface area contributed by atoms with E-state index < -0.39 is 0 Å². The summed E-state index contributed by atoms with van der Waals surface area (Å²) in [5, 5.41) is 3.64. The van der Waals surface area contributed by atoms with Gasteiger partial charge in [-0.15, -0.1) is 0 Å². The number of nitrogens with one attached hydrogen (secondary N) is 1. The average molecular weight is 288 g/mol. The third-order valence-electron chi connectivity index (χ3n) is 5.52. The Morgan fingerprint density at radius 2 is 1.67 bits per heavy atom. The van der Waals surface area contributed by atoms with Crippen LogP contribution >= 0.6 is 0 Å². The fraction of sp³-hybridized carbons (Fsp3) is 0.684. The molecule has 21 heavy (non-hydrogen) atoms. The van der Waals surface area contributed by atoms with Crippen LogP contribution in [0.5, 0.6) is 0 Å². The van der Waals surface area contributed by atoms with Gasteiger partial charge >= 0.3 is 0 Å². The molecular formula is C19H32N2. The Labute approximate surface area is 130 Å². The molecule has 118 valence electrons. The van der Waals surface area contributed by atoms with Crippen molar-refractivity contribution < 1.29 is 0 Å². The molecule has 1 aliphatic rings. The maximum atomic E-state index is 3.64. The molecule has 1 aromatic carbocycles. The molecule has 1 aliphatic heterocycles. The first-order chi connectivity index (χ1) is 10.2. The summed E-state index contributed by atoms with van der Waals surface area (Å²) in [6.45, 7) is 9.43. The monoisotopic (exact) mass is 288 g/mol. The van der Waals surface area contributed by atoms with Gasteiger partial charge < -0.3 is 5.32 Å². The summed E-state index contributed by atoms with van der Waals surface area (Å²) in [4.78, 5) is 2.75. The van der Waals surface area contributed by atoms with E-state index in [2.05, 4.69) is 62.3 Å². The standard InChI is InChI=1S/C19H32N2/c1-5-19(6-2,21-13-7-8-14-21)18(20-4)15-17-11-9-16(3)10-12-17/h9-12,18,20H,5-8,13-15H2,1-4H3. The first kappa shape index (κ1) is 16.5. The van der Waals surface area contributed by atoms with E-state index in [0.29, 0.717) is 11.6 Å². The van der Waals surface area contributed by atoms with Gasteiger partial charge in [-0.3, -0.25) is 4.90 Å². The summed E-state index contributed by atoms with van der Waals surface area (Å²) in [6, 6.07) is 9.57. The van der Waals surface area contributed by atoms with Crippen LogP contribution in [0.4, 0.5) is 0 Å². The second kappa shape index (κ2) is 7.42. The molecule has 1 aromatic rings. The van der Waals surface area contributed by atoms with Crippen molar-refractivity contribution in [3.8, 4) is 0 Å². The van der Waals surface area contributed by atoms with Crippen LogP contribution in [0.3, 0.4) is 0 Å². The molecular weight excluding hydrogens is 256 g/mol. The highest BCUT2D eigenvalue weighted by atomic mass is 15.2. The second-order valence-corrected chi connectivity index (χ2v) is 6.54. The lowest BCUT2D eigenvalue weighted by Crippen LogP contribution is -2.60. The minimum atomic E-state index is 0.302. The summed E-state index contributed by atoms with van der Waals surface area (Å²) in [6.07, 6.45) is 6.29. The van der Waals surface area contributed by atoms with Crippen molar-refractivity contribution in [1.29, 1.82) is 0 Å². The van der Waals surface area contributed by atoms with Gasteiger partial charge in [0.15, 0.2) is 0 Å². The van der Waals surface area contributed by atoms with Crippen LogP contribution in [-0.4, -0.2) is 36.6 Å². The second-order valence-electron chi connectivity index (χ2n) is 6.54. The zero-order valence-electron chi connectivity index (χ0n) is 14.3. The summed E-state index contributed by atoms with van der Waals surface area (Å²) in [5.74, 6) is 0. The summed E-state index contributed by atoms with van der Waals surface area (Å²) >= 11 is 0. The number of hydrogen-bond acceptors (Lipinski definition) is 2. The number of benzene rings is 1. The predicted molar refractivity (Wildman–Crippen MR) is 91.9 cm³/mol. The van der Waals surface area contributed by atoms with Crippen LogP contribution in [0.25, 0.3) is 0 Å². The molecule has 2 heteroatoms. The van der Waals surface area contributed by atoms with Crippen LogP contribution in [0.2, 0.25) is 0 Å². The van der Waals surface area contributed by atoms with Crippen LogP contribution < -0.4 is 5.32 Å². The largest absolute Gasteiger partial charge is 0.315 e. The fourth-order valence-electron chi connectivity index (χ4n) is 4.09. The van der Waals surface area contributed by atoms with Gasteiger partial charge in [0.25, 0.3) is 0 Å². The van der Waals surface area contributed by atoms with Crippen LogP contribution in [0.1, 0.15) is 50.7 Å². The van der Waals surface area contributed by atoms with E-state index in [0.717, 1.165) is 6.42 Å². The topological polar surface area (TPSA) is 15.3 Å². The van der Waals surface area contributed by atoms with Crippen LogP contribution in [0, 0.1) is 6.92 Å². The lowest BCUT2D eigenvalue weighted by atomic mass is 9.79. The number of likely N-dealkylation sites (tertiary alicyclic amines) is 1. The maximum Gasteiger partial charge on any atom is 0.0360 e. The van der Waals surface area contributed by atoms with Crippen molar-refractivity contribution in [2.45, 2.75) is 64.5 Å². The first-order valence-corrected chi connectivity index (χ1v) is 8.64. The van der Waals surface area contributed by atoms with E-state index in [1.807, 2.05) is 0 Å².